The molecule has 174 valence electrons. The molecule has 0 fully saturated rings. The first-order chi connectivity index (χ1) is 16.8. The van der Waals surface area contributed by atoms with Crippen LogP contribution in [-0.4, -0.2) is 20.9 Å². The van der Waals surface area contributed by atoms with Gasteiger partial charge in [-0.25, -0.2) is 0 Å². The first-order valence-corrected chi connectivity index (χ1v) is 11.7. The highest BCUT2D eigenvalue weighted by Gasteiger charge is 2.09. The molecule has 5 aromatic rings. The van der Waals surface area contributed by atoms with Gasteiger partial charge in [0, 0.05) is 32.4 Å². The summed E-state index contributed by atoms with van der Waals surface area (Å²) in [6, 6.07) is 19.7. The van der Waals surface area contributed by atoms with Gasteiger partial charge in [0.15, 0.2) is 0 Å². The van der Waals surface area contributed by atoms with Crippen molar-refractivity contribution in [3.8, 4) is 17.0 Å². The summed E-state index contributed by atoms with van der Waals surface area (Å²) >= 11 is 18.3. The van der Waals surface area contributed by atoms with Crippen LogP contribution in [0.5, 0.6) is 0 Å². The van der Waals surface area contributed by atoms with E-state index in [2.05, 4.69) is 15.5 Å². The first kappa shape index (κ1) is 23.2. The molecule has 2 heterocycles. The number of carbonyl (C=O) groups is 1. The number of anilines is 1. The Bertz CT molecular complexity index is 1580. The van der Waals surface area contributed by atoms with E-state index in [1.807, 2.05) is 25.1 Å². The fourth-order valence-electron chi connectivity index (χ4n) is 3.45. The largest absolute Gasteiger partial charge is 0.457 e. The van der Waals surface area contributed by atoms with Crippen molar-refractivity contribution in [3.05, 3.63) is 99.2 Å². The first-order valence-electron chi connectivity index (χ1n) is 10.5. The highest BCUT2D eigenvalue weighted by Crippen LogP contribution is 2.29. The number of aromatic nitrogens is 3. The van der Waals surface area contributed by atoms with Gasteiger partial charge in [-0.1, -0.05) is 40.9 Å². The number of nitrogens with zero attached hydrogens (tertiary/aromatic N) is 3. The molecule has 2 aromatic heterocycles. The van der Waals surface area contributed by atoms with E-state index >= 15 is 0 Å². The van der Waals surface area contributed by atoms with Gasteiger partial charge in [-0.2, -0.15) is 4.80 Å². The molecule has 0 aliphatic heterocycles. The van der Waals surface area contributed by atoms with E-state index in [1.54, 1.807) is 54.6 Å². The molecule has 0 bridgehead atoms. The van der Waals surface area contributed by atoms with Crippen LogP contribution >= 0.6 is 34.8 Å². The molecule has 0 radical (unpaired) electrons. The monoisotopic (exact) mass is 522 g/mol. The predicted molar refractivity (Wildman–Crippen MR) is 140 cm³/mol. The number of rotatable bonds is 5. The van der Waals surface area contributed by atoms with Gasteiger partial charge >= 0.3 is 0 Å². The Morgan fingerprint density at radius 3 is 2.46 bits per heavy atom. The number of hydrogen-bond donors (Lipinski definition) is 1. The quantitative estimate of drug-likeness (QED) is 0.241. The minimum Gasteiger partial charge on any atom is -0.457 e. The standard InChI is InChI=1S/C26H17Cl3N4O2/c1-15-2-4-20(14-22(15)29)33-31-23-7-3-19(13-24(23)32-33)30-26(34)9-6-21-5-8-25(35-21)16-10-17(27)12-18(28)11-16/h2-14H,1H3,(H,30,34)/b9-6+. The van der Waals surface area contributed by atoms with Crippen LogP contribution in [0.4, 0.5) is 5.69 Å². The summed E-state index contributed by atoms with van der Waals surface area (Å²) in [6.07, 6.45) is 2.98. The Labute approximate surface area is 215 Å². The van der Waals surface area contributed by atoms with Crippen LogP contribution in [0.2, 0.25) is 15.1 Å². The van der Waals surface area contributed by atoms with Crippen molar-refractivity contribution in [1.82, 2.24) is 15.0 Å². The third-order valence-electron chi connectivity index (χ3n) is 5.21. The zero-order chi connectivity index (χ0) is 24.5. The number of halogens is 3. The number of nitrogens with one attached hydrogen (secondary N) is 1. The van der Waals surface area contributed by atoms with Crippen molar-refractivity contribution in [2.75, 3.05) is 5.32 Å². The van der Waals surface area contributed by atoms with Crippen molar-refractivity contribution in [1.29, 1.82) is 0 Å². The number of furan rings is 1. The molecule has 6 nitrogen and oxygen atoms in total. The number of hydrogen-bond acceptors (Lipinski definition) is 4. The zero-order valence-electron chi connectivity index (χ0n) is 18.3. The van der Waals surface area contributed by atoms with Gasteiger partial charge in [0.05, 0.1) is 5.69 Å². The average Bonchev–Trinajstić information content (AvgIpc) is 3.46. The summed E-state index contributed by atoms with van der Waals surface area (Å²) in [5.41, 5.74) is 4.41. The molecule has 1 amide bonds. The Balaban J connectivity index is 1.29. The third kappa shape index (κ3) is 5.25. The Morgan fingerprint density at radius 1 is 0.914 bits per heavy atom. The maximum Gasteiger partial charge on any atom is 0.248 e. The maximum atomic E-state index is 12.5. The molecular formula is C26H17Cl3N4O2. The van der Waals surface area contributed by atoms with Crippen molar-refractivity contribution in [2.24, 2.45) is 0 Å². The van der Waals surface area contributed by atoms with E-state index in [-0.39, 0.29) is 5.91 Å². The Kier molecular flexibility index (Phi) is 6.34. The van der Waals surface area contributed by atoms with Gasteiger partial charge in [-0.05, 0) is 79.2 Å². The van der Waals surface area contributed by atoms with Gasteiger partial charge in [0.25, 0.3) is 0 Å². The minimum atomic E-state index is -0.314. The SMILES string of the molecule is Cc1ccc(-n2nc3ccc(NC(=O)/C=C/c4ccc(-c5cc(Cl)cc(Cl)c5)o4)cc3n2)cc1Cl. The number of amides is 1. The number of benzene rings is 3. The second-order valence-electron chi connectivity index (χ2n) is 7.81. The maximum absolute atomic E-state index is 12.5. The molecule has 9 heteroatoms. The van der Waals surface area contributed by atoms with Gasteiger partial charge < -0.3 is 9.73 Å². The summed E-state index contributed by atoms with van der Waals surface area (Å²) in [7, 11) is 0. The van der Waals surface area contributed by atoms with Gasteiger partial charge in [0.2, 0.25) is 5.91 Å². The van der Waals surface area contributed by atoms with Crippen LogP contribution in [0.15, 0.2) is 77.2 Å². The summed E-state index contributed by atoms with van der Waals surface area (Å²) in [4.78, 5) is 14.0. The topological polar surface area (TPSA) is 73.0 Å². The van der Waals surface area contributed by atoms with Gasteiger partial charge in [-0.15, -0.1) is 10.2 Å². The minimum absolute atomic E-state index is 0.314. The smallest absolute Gasteiger partial charge is 0.248 e. The van der Waals surface area contributed by atoms with E-state index in [1.165, 1.54) is 10.9 Å². The van der Waals surface area contributed by atoms with Crippen LogP contribution in [0.3, 0.4) is 0 Å². The predicted octanol–water partition coefficient (Wildman–Crippen LogP) is 7.60. The molecule has 0 saturated heterocycles. The van der Waals surface area contributed by atoms with Crippen molar-refractivity contribution >= 4 is 63.5 Å². The van der Waals surface area contributed by atoms with Crippen LogP contribution in [-0.2, 0) is 4.79 Å². The number of carbonyl (C=O) groups excluding carboxylic acids is 1. The Morgan fingerprint density at radius 2 is 1.69 bits per heavy atom. The van der Waals surface area contributed by atoms with Crippen LogP contribution in [0.1, 0.15) is 11.3 Å². The fourth-order valence-corrected chi connectivity index (χ4v) is 4.15. The molecule has 0 saturated carbocycles. The van der Waals surface area contributed by atoms with E-state index in [9.17, 15) is 4.79 Å². The summed E-state index contributed by atoms with van der Waals surface area (Å²) in [6.45, 7) is 1.93. The lowest BCUT2D eigenvalue weighted by molar-refractivity contribution is -0.111. The van der Waals surface area contributed by atoms with E-state index in [4.69, 9.17) is 39.2 Å². The highest BCUT2D eigenvalue weighted by molar-refractivity contribution is 6.35. The lowest BCUT2D eigenvalue weighted by Crippen LogP contribution is -2.07. The molecule has 0 spiro atoms. The molecular weight excluding hydrogens is 507 g/mol. The van der Waals surface area contributed by atoms with Crippen LogP contribution in [0, 0.1) is 6.92 Å². The van der Waals surface area contributed by atoms with Crippen molar-refractivity contribution in [3.63, 3.8) is 0 Å². The van der Waals surface area contributed by atoms with Crippen LogP contribution < -0.4 is 5.32 Å². The third-order valence-corrected chi connectivity index (χ3v) is 6.05. The second kappa shape index (κ2) is 9.58. The lowest BCUT2D eigenvalue weighted by Gasteiger charge is -2.02. The highest BCUT2D eigenvalue weighted by atomic mass is 35.5. The second-order valence-corrected chi connectivity index (χ2v) is 9.09. The van der Waals surface area contributed by atoms with Crippen LogP contribution in [0.25, 0.3) is 34.1 Å². The molecule has 0 aliphatic rings. The normalized spacial score (nSPS) is 11.4. The van der Waals surface area contributed by atoms with Crippen molar-refractivity contribution in [2.45, 2.75) is 6.92 Å². The van der Waals surface area contributed by atoms with E-state index < -0.39 is 0 Å². The Hall–Kier alpha value is -3.58. The number of aryl methyl sites for hydroxylation is 1. The summed E-state index contributed by atoms with van der Waals surface area (Å²) < 4.78 is 5.78. The molecule has 0 atom stereocenters. The molecule has 3 aromatic carbocycles. The molecule has 35 heavy (non-hydrogen) atoms. The molecule has 1 N–H and O–H groups in total. The van der Waals surface area contributed by atoms with E-state index in [0.717, 1.165) is 16.8 Å². The van der Waals surface area contributed by atoms with Crippen molar-refractivity contribution < 1.29 is 9.21 Å². The van der Waals surface area contributed by atoms with Gasteiger partial charge in [-0.3, -0.25) is 4.79 Å². The average molecular weight is 524 g/mol. The summed E-state index contributed by atoms with van der Waals surface area (Å²) in [5, 5.41) is 13.5. The summed E-state index contributed by atoms with van der Waals surface area (Å²) in [5.74, 6) is 0.796. The lowest BCUT2D eigenvalue weighted by atomic mass is 10.2. The molecule has 5 rings (SSSR count). The van der Waals surface area contributed by atoms with E-state index in [0.29, 0.717) is 43.3 Å². The zero-order valence-corrected chi connectivity index (χ0v) is 20.6. The van der Waals surface area contributed by atoms with Gasteiger partial charge in [0.1, 0.15) is 22.6 Å². The molecule has 0 aliphatic carbocycles. The molecule has 0 unspecified atom stereocenters. The number of fused-ring (bicyclic) bond motifs is 1. The fraction of sp³-hybridized carbons (Fsp3) is 0.0385.